The lowest BCUT2D eigenvalue weighted by Crippen LogP contribution is -2.49. The van der Waals surface area contributed by atoms with Crippen LogP contribution in [0.15, 0.2) is 24.3 Å². The van der Waals surface area contributed by atoms with Crippen LogP contribution in [0.4, 0.5) is 10.5 Å². The lowest BCUT2D eigenvalue weighted by atomic mass is 10.2. The summed E-state index contributed by atoms with van der Waals surface area (Å²) in [4.78, 5) is 25.2. The first kappa shape index (κ1) is 12.4. The maximum atomic E-state index is 12.2. The minimum absolute atomic E-state index is 0.0800. The number of amides is 3. The zero-order valence-electron chi connectivity index (χ0n) is 10.6. The summed E-state index contributed by atoms with van der Waals surface area (Å²) >= 11 is 0. The number of benzene rings is 1. The lowest BCUT2D eigenvalue weighted by Gasteiger charge is -2.22. The normalized spacial score (nSPS) is 14.9. The number of carbonyl (C=O) groups is 2. The van der Waals surface area contributed by atoms with Gasteiger partial charge in [0.15, 0.2) is 0 Å². The average Bonchev–Trinajstić information content (AvgIpc) is 2.81. The quantitative estimate of drug-likeness (QED) is 0.815. The number of carbonyl (C=O) groups excluding carboxylic acids is 2. The van der Waals surface area contributed by atoms with Crippen molar-refractivity contribution < 1.29 is 9.59 Å². The smallest absolute Gasteiger partial charge is 0.315 e. The van der Waals surface area contributed by atoms with E-state index in [1.807, 2.05) is 24.3 Å². The minimum atomic E-state index is -0.531. The van der Waals surface area contributed by atoms with Gasteiger partial charge in [0.25, 0.3) is 0 Å². The zero-order chi connectivity index (χ0) is 13.1. The summed E-state index contributed by atoms with van der Waals surface area (Å²) in [6.07, 6.45) is 0.870. The number of para-hydroxylation sites is 1. The van der Waals surface area contributed by atoms with Crippen LogP contribution in [-0.4, -0.2) is 31.6 Å². The number of nitrogens with one attached hydrogen (secondary N) is 2. The van der Waals surface area contributed by atoms with E-state index in [4.69, 9.17) is 0 Å². The van der Waals surface area contributed by atoms with Gasteiger partial charge in [0.2, 0.25) is 5.91 Å². The molecule has 0 radical (unpaired) electrons. The van der Waals surface area contributed by atoms with Crippen LogP contribution < -0.4 is 15.5 Å². The first-order valence-electron chi connectivity index (χ1n) is 6.01. The highest BCUT2D eigenvalue weighted by molar-refractivity contribution is 6.00. The van der Waals surface area contributed by atoms with E-state index in [-0.39, 0.29) is 11.9 Å². The summed E-state index contributed by atoms with van der Waals surface area (Å²) in [5.74, 6) is -0.0800. The van der Waals surface area contributed by atoms with Crippen LogP contribution in [0.3, 0.4) is 0 Å². The van der Waals surface area contributed by atoms with Crippen LogP contribution in [0.5, 0.6) is 0 Å². The summed E-state index contributed by atoms with van der Waals surface area (Å²) in [7, 11) is 1.53. The largest absolute Gasteiger partial charge is 0.341 e. The average molecular weight is 247 g/mol. The van der Waals surface area contributed by atoms with Crippen molar-refractivity contribution in [2.45, 2.75) is 19.4 Å². The molecule has 18 heavy (non-hydrogen) atoms. The molecule has 1 unspecified atom stereocenters. The van der Waals surface area contributed by atoms with E-state index in [1.165, 1.54) is 12.6 Å². The third kappa shape index (κ3) is 2.30. The SMILES string of the molecule is CNC(=O)NC(C)C(=O)N1CCc2ccccc21. The molecular weight excluding hydrogens is 230 g/mol. The third-order valence-corrected chi connectivity index (χ3v) is 3.10. The van der Waals surface area contributed by atoms with Crippen LogP contribution in [0.2, 0.25) is 0 Å². The summed E-state index contributed by atoms with van der Waals surface area (Å²) in [5.41, 5.74) is 2.13. The van der Waals surface area contributed by atoms with Crippen molar-refractivity contribution in [2.24, 2.45) is 0 Å². The Morgan fingerprint density at radius 2 is 2.06 bits per heavy atom. The number of anilines is 1. The van der Waals surface area contributed by atoms with Gasteiger partial charge in [-0.25, -0.2) is 4.79 Å². The molecule has 0 aliphatic carbocycles. The van der Waals surface area contributed by atoms with Gasteiger partial charge < -0.3 is 15.5 Å². The Morgan fingerprint density at radius 3 is 2.78 bits per heavy atom. The van der Waals surface area contributed by atoms with Gasteiger partial charge in [0, 0.05) is 19.3 Å². The predicted octanol–water partition coefficient (Wildman–Crippen LogP) is 0.893. The highest BCUT2D eigenvalue weighted by atomic mass is 16.2. The topological polar surface area (TPSA) is 61.4 Å². The molecule has 0 spiro atoms. The summed E-state index contributed by atoms with van der Waals surface area (Å²) < 4.78 is 0. The highest BCUT2D eigenvalue weighted by Crippen LogP contribution is 2.27. The molecule has 0 bridgehead atoms. The maximum Gasteiger partial charge on any atom is 0.315 e. The van der Waals surface area contributed by atoms with Crippen LogP contribution >= 0.6 is 0 Å². The van der Waals surface area contributed by atoms with Crippen molar-refractivity contribution in [3.8, 4) is 0 Å². The van der Waals surface area contributed by atoms with Gasteiger partial charge in [-0.15, -0.1) is 0 Å². The van der Waals surface area contributed by atoms with E-state index >= 15 is 0 Å². The lowest BCUT2D eigenvalue weighted by molar-refractivity contribution is -0.119. The number of urea groups is 1. The monoisotopic (exact) mass is 247 g/mol. The Kier molecular flexibility index (Phi) is 3.50. The van der Waals surface area contributed by atoms with Crippen LogP contribution in [0, 0.1) is 0 Å². The molecule has 0 fully saturated rings. The second-order valence-electron chi connectivity index (χ2n) is 4.31. The van der Waals surface area contributed by atoms with Crippen molar-refractivity contribution >= 4 is 17.6 Å². The number of fused-ring (bicyclic) bond motifs is 1. The molecule has 2 rings (SSSR count). The number of nitrogens with zero attached hydrogens (tertiary/aromatic N) is 1. The zero-order valence-corrected chi connectivity index (χ0v) is 10.6. The number of hydrogen-bond acceptors (Lipinski definition) is 2. The Bertz CT molecular complexity index is 473. The van der Waals surface area contributed by atoms with Gasteiger partial charge in [-0.1, -0.05) is 18.2 Å². The van der Waals surface area contributed by atoms with Gasteiger partial charge in [-0.05, 0) is 25.0 Å². The van der Waals surface area contributed by atoms with Crippen molar-refractivity contribution in [1.82, 2.24) is 10.6 Å². The molecular formula is C13H17N3O2. The molecule has 1 aromatic rings. The molecule has 0 aromatic heterocycles. The van der Waals surface area contributed by atoms with E-state index < -0.39 is 6.04 Å². The van der Waals surface area contributed by atoms with Gasteiger partial charge in [-0.2, -0.15) is 0 Å². The Labute approximate surface area is 106 Å². The number of hydrogen-bond donors (Lipinski definition) is 2. The number of rotatable bonds is 2. The fourth-order valence-electron chi connectivity index (χ4n) is 2.13. The second kappa shape index (κ2) is 5.08. The molecule has 1 aromatic carbocycles. The highest BCUT2D eigenvalue weighted by Gasteiger charge is 2.28. The van der Waals surface area contributed by atoms with Crippen LogP contribution in [0.1, 0.15) is 12.5 Å². The molecule has 1 atom stereocenters. The Morgan fingerprint density at radius 1 is 1.33 bits per heavy atom. The molecule has 96 valence electrons. The summed E-state index contributed by atoms with van der Waals surface area (Å²) in [5, 5.41) is 5.04. The van der Waals surface area contributed by atoms with Gasteiger partial charge in [-0.3, -0.25) is 4.79 Å². The van der Waals surface area contributed by atoms with Crippen molar-refractivity contribution in [1.29, 1.82) is 0 Å². The fourth-order valence-corrected chi connectivity index (χ4v) is 2.13. The standard InChI is InChI=1S/C13H17N3O2/c1-9(15-13(18)14-2)12(17)16-8-7-10-5-3-4-6-11(10)16/h3-6,9H,7-8H2,1-2H3,(H2,14,15,18). The second-order valence-corrected chi connectivity index (χ2v) is 4.31. The van der Waals surface area contributed by atoms with Gasteiger partial charge >= 0.3 is 6.03 Å². The van der Waals surface area contributed by atoms with E-state index in [0.29, 0.717) is 6.54 Å². The van der Waals surface area contributed by atoms with E-state index in [9.17, 15) is 9.59 Å². The first-order chi connectivity index (χ1) is 8.63. The van der Waals surface area contributed by atoms with Crippen molar-refractivity contribution in [3.05, 3.63) is 29.8 Å². The van der Waals surface area contributed by atoms with Gasteiger partial charge in [0.05, 0.1) is 0 Å². The van der Waals surface area contributed by atoms with E-state index in [0.717, 1.165) is 12.1 Å². The molecule has 1 aliphatic rings. The molecule has 0 saturated heterocycles. The molecule has 1 heterocycles. The molecule has 1 aliphatic heterocycles. The Balaban J connectivity index is 2.09. The van der Waals surface area contributed by atoms with E-state index in [1.54, 1.807) is 11.8 Å². The van der Waals surface area contributed by atoms with Gasteiger partial charge in [0.1, 0.15) is 6.04 Å². The molecule has 0 saturated carbocycles. The van der Waals surface area contributed by atoms with Crippen molar-refractivity contribution in [3.63, 3.8) is 0 Å². The summed E-state index contributed by atoms with van der Waals surface area (Å²) in [6, 6.07) is 6.98. The molecule has 3 amide bonds. The van der Waals surface area contributed by atoms with Crippen LogP contribution in [-0.2, 0) is 11.2 Å². The molecule has 5 heteroatoms. The summed E-state index contributed by atoms with van der Waals surface area (Å²) in [6.45, 7) is 2.37. The predicted molar refractivity (Wildman–Crippen MR) is 69.6 cm³/mol. The minimum Gasteiger partial charge on any atom is -0.341 e. The first-order valence-corrected chi connectivity index (χ1v) is 6.01. The molecule has 5 nitrogen and oxygen atoms in total. The fraction of sp³-hybridized carbons (Fsp3) is 0.385. The van der Waals surface area contributed by atoms with Crippen molar-refractivity contribution in [2.75, 3.05) is 18.5 Å². The Hall–Kier alpha value is -2.04. The van der Waals surface area contributed by atoms with Crippen LogP contribution in [0.25, 0.3) is 0 Å². The van der Waals surface area contributed by atoms with E-state index in [2.05, 4.69) is 10.6 Å². The third-order valence-electron chi connectivity index (χ3n) is 3.10. The molecule has 2 N–H and O–H groups in total. The maximum absolute atomic E-state index is 12.2.